The maximum atomic E-state index is 12.7. The molecule has 2 nitrogen and oxygen atoms in total. The molecular weight excluding hydrogens is 266 g/mol. The van der Waals surface area contributed by atoms with Crippen LogP contribution in [-0.2, 0) is 9.47 Å². The van der Waals surface area contributed by atoms with Gasteiger partial charge in [0.1, 0.15) is 0 Å². The average Bonchev–Trinajstić information content (AvgIpc) is 2.23. The van der Waals surface area contributed by atoms with Crippen molar-refractivity contribution in [1.82, 2.24) is 0 Å². The molecule has 0 bridgehead atoms. The number of ether oxygens (including phenoxy) is 2. The van der Waals surface area contributed by atoms with E-state index < -0.39 is 30.7 Å². The van der Waals surface area contributed by atoms with Gasteiger partial charge in [-0.15, -0.1) is 0 Å². The van der Waals surface area contributed by atoms with E-state index in [1.165, 1.54) is 0 Å². The van der Waals surface area contributed by atoms with E-state index in [9.17, 15) is 26.3 Å². The number of alkyl halides is 6. The number of rotatable bonds is 3. The third kappa shape index (κ3) is 2.90. The van der Waals surface area contributed by atoms with Crippen LogP contribution in [0, 0.1) is 0 Å². The van der Waals surface area contributed by atoms with Crippen molar-refractivity contribution in [1.29, 1.82) is 0 Å². The quantitative estimate of drug-likeness (QED) is 0.732. The van der Waals surface area contributed by atoms with Gasteiger partial charge in [0.05, 0.1) is 0 Å². The summed E-state index contributed by atoms with van der Waals surface area (Å²) in [6, 6.07) is 0. The summed E-state index contributed by atoms with van der Waals surface area (Å²) in [6.07, 6.45) is -12.6. The number of halogens is 6. The molecule has 1 heterocycles. The van der Waals surface area contributed by atoms with Crippen molar-refractivity contribution >= 4 is 0 Å². The van der Waals surface area contributed by atoms with Crippen molar-refractivity contribution in [3.63, 3.8) is 0 Å². The van der Waals surface area contributed by atoms with E-state index in [0.29, 0.717) is 12.8 Å². The first-order valence-corrected chi connectivity index (χ1v) is 5.57. The summed E-state index contributed by atoms with van der Waals surface area (Å²) < 4.78 is 85.4. The summed E-state index contributed by atoms with van der Waals surface area (Å²) in [5.74, 6) is 0. The Labute approximate surface area is 100 Å². The molecular formula is C10H14F6O2. The van der Waals surface area contributed by atoms with Gasteiger partial charge >= 0.3 is 12.4 Å². The van der Waals surface area contributed by atoms with E-state index in [-0.39, 0.29) is 13.0 Å². The first-order chi connectivity index (χ1) is 8.14. The van der Waals surface area contributed by atoms with Gasteiger partial charge in [-0.25, -0.2) is 0 Å². The van der Waals surface area contributed by atoms with Crippen LogP contribution in [0.4, 0.5) is 26.3 Å². The highest BCUT2D eigenvalue weighted by Gasteiger charge is 2.72. The maximum Gasteiger partial charge on any atom is 0.426 e. The van der Waals surface area contributed by atoms with Gasteiger partial charge in [0.15, 0.2) is 6.29 Å². The molecule has 1 saturated heterocycles. The van der Waals surface area contributed by atoms with Crippen LogP contribution in [0.3, 0.4) is 0 Å². The zero-order valence-electron chi connectivity index (χ0n) is 9.70. The lowest BCUT2D eigenvalue weighted by Gasteiger charge is -2.39. The lowest BCUT2D eigenvalue weighted by atomic mass is 9.98. The van der Waals surface area contributed by atoms with E-state index in [2.05, 4.69) is 4.74 Å². The predicted molar refractivity (Wildman–Crippen MR) is 49.8 cm³/mol. The Morgan fingerprint density at radius 3 is 1.94 bits per heavy atom. The summed E-state index contributed by atoms with van der Waals surface area (Å²) >= 11 is 0. The Bertz CT molecular complexity index is 253. The van der Waals surface area contributed by atoms with Gasteiger partial charge in [0, 0.05) is 6.61 Å². The van der Waals surface area contributed by atoms with E-state index in [1.54, 1.807) is 0 Å². The van der Waals surface area contributed by atoms with E-state index in [1.807, 2.05) is 0 Å². The van der Waals surface area contributed by atoms with Gasteiger partial charge < -0.3 is 9.47 Å². The molecule has 0 aromatic rings. The fraction of sp³-hybridized carbons (Fsp3) is 1.00. The SMILES string of the molecule is CCC(OC1CCCCO1)(C(F)(F)F)C(F)(F)F. The van der Waals surface area contributed by atoms with Gasteiger partial charge in [-0.05, 0) is 25.7 Å². The van der Waals surface area contributed by atoms with Crippen molar-refractivity contribution in [2.45, 2.75) is 56.9 Å². The molecule has 0 aliphatic carbocycles. The molecule has 0 saturated carbocycles. The molecule has 1 unspecified atom stereocenters. The zero-order chi connectivity index (χ0) is 14.0. The largest absolute Gasteiger partial charge is 0.426 e. The first kappa shape index (κ1) is 15.6. The van der Waals surface area contributed by atoms with Crippen molar-refractivity contribution in [3.05, 3.63) is 0 Å². The molecule has 0 aromatic carbocycles. The van der Waals surface area contributed by atoms with Crippen LogP contribution in [0.15, 0.2) is 0 Å². The van der Waals surface area contributed by atoms with Gasteiger partial charge in [-0.1, -0.05) is 6.92 Å². The maximum absolute atomic E-state index is 12.7. The van der Waals surface area contributed by atoms with Crippen molar-refractivity contribution in [3.8, 4) is 0 Å². The fourth-order valence-corrected chi connectivity index (χ4v) is 1.81. The minimum atomic E-state index is -5.53. The van der Waals surface area contributed by atoms with Crippen LogP contribution < -0.4 is 0 Å². The molecule has 1 aliphatic heterocycles. The minimum absolute atomic E-state index is 0.0356. The predicted octanol–water partition coefficient (Wildman–Crippen LogP) is 3.80. The highest BCUT2D eigenvalue weighted by atomic mass is 19.4. The first-order valence-electron chi connectivity index (χ1n) is 5.57. The van der Waals surface area contributed by atoms with Crippen LogP contribution in [0.2, 0.25) is 0 Å². The topological polar surface area (TPSA) is 18.5 Å². The highest BCUT2D eigenvalue weighted by molar-refractivity contribution is 4.95. The Hall–Kier alpha value is -0.500. The molecule has 0 spiro atoms. The second kappa shape index (κ2) is 5.24. The molecule has 18 heavy (non-hydrogen) atoms. The lowest BCUT2D eigenvalue weighted by molar-refractivity contribution is -0.412. The lowest BCUT2D eigenvalue weighted by Crippen LogP contribution is -2.60. The summed E-state index contributed by atoms with van der Waals surface area (Å²) in [4.78, 5) is 0. The summed E-state index contributed by atoms with van der Waals surface area (Å²) in [7, 11) is 0. The standard InChI is InChI=1S/C10H14F6O2/c1-2-8(9(11,12)13,10(14,15)16)18-7-5-3-4-6-17-7/h7H,2-6H2,1H3. The van der Waals surface area contributed by atoms with Crippen molar-refractivity contribution in [2.75, 3.05) is 6.61 Å². The van der Waals surface area contributed by atoms with E-state index in [4.69, 9.17) is 4.74 Å². The van der Waals surface area contributed by atoms with Gasteiger partial charge in [0.25, 0.3) is 5.60 Å². The summed E-state index contributed by atoms with van der Waals surface area (Å²) in [6.45, 7) is 0.907. The van der Waals surface area contributed by atoms with Gasteiger partial charge in [-0.3, -0.25) is 0 Å². The molecule has 0 aromatic heterocycles. The van der Waals surface area contributed by atoms with E-state index in [0.717, 1.165) is 6.92 Å². The second-order valence-corrected chi connectivity index (χ2v) is 4.09. The van der Waals surface area contributed by atoms with Crippen LogP contribution >= 0.6 is 0 Å². The molecule has 1 aliphatic rings. The number of hydrogen-bond donors (Lipinski definition) is 0. The molecule has 0 N–H and O–H groups in total. The summed E-state index contributed by atoms with van der Waals surface area (Å²) in [5.41, 5.74) is -4.15. The molecule has 1 rings (SSSR count). The average molecular weight is 280 g/mol. The van der Waals surface area contributed by atoms with Crippen LogP contribution in [0.25, 0.3) is 0 Å². The van der Waals surface area contributed by atoms with Crippen molar-refractivity contribution in [2.24, 2.45) is 0 Å². The van der Waals surface area contributed by atoms with Gasteiger partial charge in [0.2, 0.25) is 0 Å². The monoisotopic (exact) mass is 280 g/mol. The van der Waals surface area contributed by atoms with Crippen LogP contribution in [-0.4, -0.2) is 30.9 Å². The normalized spacial score (nSPS) is 23.2. The fourth-order valence-electron chi connectivity index (χ4n) is 1.81. The Kier molecular flexibility index (Phi) is 4.53. The molecule has 8 heteroatoms. The number of hydrogen-bond acceptors (Lipinski definition) is 2. The smallest absolute Gasteiger partial charge is 0.353 e. The third-order valence-corrected chi connectivity index (χ3v) is 2.88. The second-order valence-electron chi connectivity index (χ2n) is 4.09. The molecule has 0 amide bonds. The summed E-state index contributed by atoms with van der Waals surface area (Å²) in [5, 5.41) is 0. The minimum Gasteiger partial charge on any atom is -0.353 e. The van der Waals surface area contributed by atoms with Crippen molar-refractivity contribution < 1.29 is 35.8 Å². The molecule has 0 radical (unpaired) electrons. The Balaban J connectivity index is 2.96. The Morgan fingerprint density at radius 2 is 1.61 bits per heavy atom. The van der Waals surface area contributed by atoms with E-state index >= 15 is 0 Å². The zero-order valence-corrected chi connectivity index (χ0v) is 9.70. The van der Waals surface area contributed by atoms with Crippen LogP contribution in [0.1, 0.15) is 32.6 Å². The highest BCUT2D eigenvalue weighted by Crippen LogP contribution is 2.49. The third-order valence-electron chi connectivity index (χ3n) is 2.88. The molecule has 1 atom stereocenters. The Morgan fingerprint density at radius 1 is 1.06 bits per heavy atom. The molecule has 1 fully saturated rings. The van der Waals surface area contributed by atoms with Crippen LogP contribution in [0.5, 0.6) is 0 Å². The van der Waals surface area contributed by atoms with Gasteiger partial charge in [-0.2, -0.15) is 26.3 Å². The molecule has 108 valence electrons.